The summed E-state index contributed by atoms with van der Waals surface area (Å²) in [4.78, 5) is 42.2. The van der Waals surface area contributed by atoms with Crippen LogP contribution in [-0.2, 0) is 11.3 Å². The number of carbonyl (C=O) groups is 1. The number of aryl methyl sites for hydroxylation is 1. The van der Waals surface area contributed by atoms with E-state index >= 15 is 0 Å². The van der Waals surface area contributed by atoms with Gasteiger partial charge in [0.1, 0.15) is 11.4 Å². The molecule has 1 amide bonds. The molecule has 2 heterocycles. The van der Waals surface area contributed by atoms with Crippen molar-refractivity contribution in [3.05, 3.63) is 86.5 Å². The Morgan fingerprint density at radius 2 is 1.87 bits per heavy atom. The quantitative estimate of drug-likeness (QED) is 0.372. The number of anilines is 1. The van der Waals surface area contributed by atoms with E-state index in [2.05, 4.69) is 10.3 Å². The molecule has 9 heteroatoms. The Kier molecular flexibility index (Phi) is 5.35. The third-order valence-corrected chi connectivity index (χ3v) is 6.29. The molecule has 0 bridgehead atoms. The molecule has 0 saturated heterocycles. The van der Waals surface area contributed by atoms with E-state index < -0.39 is 10.8 Å². The van der Waals surface area contributed by atoms with Crippen LogP contribution in [0.3, 0.4) is 0 Å². The number of nitro benzene ring substituents is 1. The van der Waals surface area contributed by atoms with Crippen LogP contribution < -0.4 is 10.9 Å². The van der Waals surface area contributed by atoms with Crippen molar-refractivity contribution >= 4 is 38.8 Å². The van der Waals surface area contributed by atoms with Crippen molar-refractivity contribution in [2.75, 3.05) is 5.32 Å². The van der Waals surface area contributed by atoms with Crippen molar-refractivity contribution < 1.29 is 9.72 Å². The van der Waals surface area contributed by atoms with E-state index in [-0.39, 0.29) is 17.8 Å². The molecule has 0 radical (unpaired) electrons. The number of thiophene rings is 1. The Morgan fingerprint density at radius 3 is 2.58 bits per heavy atom. The van der Waals surface area contributed by atoms with Gasteiger partial charge in [0.05, 0.1) is 27.9 Å². The first kappa shape index (κ1) is 20.4. The van der Waals surface area contributed by atoms with E-state index in [4.69, 9.17) is 0 Å². The highest BCUT2D eigenvalue weighted by atomic mass is 32.1. The summed E-state index contributed by atoms with van der Waals surface area (Å²) in [5.74, 6) is -0.469. The number of fused-ring (bicyclic) bond motifs is 1. The van der Waals surface area contributed by atoms with Gasteiger partial charge in [-0.2, -0.15) is 0 Å². The van der Waals surface area contributed by atoms with Crippen molar-refractivity contribution in [2.45, 2.75) is 20.4 Å². The number of nitrogens with one attached hydrogen (secondary N) is 1. The van der Waals surface area contributed by atoms with Crippen LogP contribution in [0.4, 0.5) is 11.4 Å². The molecular weight excluding hydrogens is 416 g/mol. The number of hydrogen-bond donors (Lipinski definition) is 1. The van der Waals surface area contributed by atoms with Crippen molar-refractivity contribution in [3.63, 3.8) is 0 Å². The predicted octanol–water partition coefficient (Wildman–Crippen LogP) is 4.29. The molecule has 31 heavy (non-hydrogen) atoms. The second-order valence-corrected chi connectivity index (χ2v) is 8.03. The molecular formula is C22H18N4O4S. The van der Waals surface area contributed by atoms with Gasteiger partial charge in [-0.25, -0.2) is 4.98 Å². The number of carbonyl (C=O) groups excluding carboxylic acids is 1. The third kappa shape index (κ3) is 3.82. The van der Waals surface area contributed by atoms with Gasteiger partial charge in [0.2, 0.25) is 5.91 Å². The molecule has 4 aromatic rings. The first-order valence-corrected chi connectivity index (χ1v) is 10.3. The Labute approximate surface area is 181 Å². The van der Waals surface area contributed by atoms with Crippen LogP contribution in [0.2, 0.25) is 0 Å². The molecule has 0 spiro atoms. The zero-order valence-electron chi connectivity index (χ0n) is 16.8. The molecule has 0 unspecified atom stereocenters. The molecule has 2 aromatic heterocycles. The number of aromatic nitrogens is 2. The van der Waals surface area contributed by atoms with Gasteiger partial charge >= 0.3 is 0 Å². The summed E-state index contributed by atoms with van der Waals surface area (Å²) in [5.41, 5.74) is 2.13. The van der Waals surface area contributed by atoms with Crippen LogP contribution in [0.25, 0.3) is 20.7 Å². The first-order valence-electron chi connectivity index (χ1n) is 9.44. The first-order chi connectivity index (χ1) is 14.9. The molecule has 1 N–H and O–H groups in total. The Bertz CT molecular complexity index is 1380. The zero-order valence-corrected chi connectivity index (χ0v) is 17.6. The van der Waals surface area contributed by atoms with E-state index in [1.54, 1.807) is 13.0 Å². The molecule has 0 atom stereocenters. The topological polar surface area (TPSA) is 107 Å². The molecule has 0 aliphatic carbocycles. The van der Waals surface area contributed by atoms with E-state index in [1.807, 2.05) is 37.3 Å². The molecule has 156 valence electrons. The normalized spacial score (nSPS) is 10.9. The number of hydrogen-bond acceptors (Lipinski definition) is 6. The second-order valence-electron chi connectivity index (χ2n) is 7.03. The van der Waals surface area contributed by atoms with Crippen molar-refractivity contribution in [1.82, 2.24) is 9.55 Å². The van der Waals surface area contributed by atoms with Crippen LogP contribution in [0, 0.1) is 24.0 Å². The van der Waals surface area contributed by atoms with Gasteiger partial charge in [-0.15, -0.1) is 11.3 Å². The second kappa shape index (κ2) is 8.11. The van der Waals surface area contributed by atoms with Crippen molar-refractivity contribution in [3.8, 4) is 10.4 Å². The van der Waals surface area contributed by atoms with Gasteiger partial charge in [0.25, 0.3) is 11.2 Å². The van der Waals surface area contributed by atoms with Gasteiger partial charge in [0, 0.05) is 10.9 Å². The van der Waals surface area contributed by atoms with E-state index in [1.165, 1.54) is 34.4 Å². The lowest BCUT2D eigenvalue weighted by molar-refractivity contribution is -0.385. The maximum absolute atomic E-state index is 13.1. The lowest BCUT2D eigenvalue weighted by atomic mass is 10.1. The van der Waals surface area contributed by atoms with Crippen LogP contribution in [0.15, 0.2) is 59.7 Å². The van der Waals surface area contributed by atoms with Crippen LogP contribution in [-0.4, -0.2) is 20.4 Å². The van der Waals surface area contributed by atoms with Crippen LogP contribution in [0.5, 0.6) is 0 Å². The molecule has 0 fully saturated rings. The number of benzene rings is 2. The fraction of sp³-hybridized carbons (Fsp3) is 0.136. The van der Waals surface area contributed by atoms with Gasteiger partial charge in [0.15, 0.2) is 0 Å². The van der Waals surface area contributed by atoms with Gasteiger partial charge in [-0.1, -0.05) is 36.4 Å². The maximum Gasteiger partial charge on any atom is 0.274 e. The number of rotatable bonds is 5. The average molecular weight is 434 g/mol. The minimum atomic E-state index is -0.503. The SMILES string of the molecule is Cc1c(NC(=O)Cn2cnc3sc(-c4ccccc4)c(C)c3c2=O)cccc1[N+](=O)[O-]. The predicted molar refractivity (Wildman–Crippen MR) is 121 cm³/mol. The third-order valence-electron chi connectivity index (χ3n) is 5.04. The lowest BCUT2D eigenvalue weighted by Gasteiger charge is -2.10. The minimum Gasteiger partial charge on any atom is -0.324 e. The van der Waals surface area contributed by atoms with Crippen molar-refractivity contribution in [2.24, 2.45) is 0 Å². The van der Waals surface area contributed by atoms with E-state index in [0.29, 0.717) is 21.5 Å². The minimum absolute atomic E-state index is 0.0830. The number of amides is 1. The molecule has 2 aromatic carbocycles. The van der Waals surface area contributed by atoms with Crippen LogP contribution in [0.1, 0.15) is 11.1 Å². The Morgan fingerprint density at radius 1 is 1.13 bits per heavy atom. The number of nitro groups is 1. The fourth-order valence-electron chi connectivity index (χ4n) is 3.44. The van der Waals surface area contributed by atoms with Gasteiger partial charge in [-0.05, 0) is 31.0 Å². The molecule has 0 aliphatic heterocycles. The summed E-state index contributed by atoms with van der Waals surface area (Å²) in [7, 11) is 0. The van der Waals surface area contributed by atoms with E-state index in [9.17, 15) is 19.7 Å². The maximum atomic E-state index is 13.1. The smallest absolute Gasteiger partial charge is 0.274 e. The molecule has 8 nitrogen and oxygen atoms in total. The van der Waals surface area contributed by atoms with Crippen molar-refractivity contribution in [1.29, 1.82) is 0 Å². The summed E-state index contributed by atoms with van der Waals surface area (Å²) >= 11 is 1.44. The lowest BCUT2D eigenvalue weighted by Crippen LogP contribution is -2.28. The number of nitrogens with zero attached hydrogens (tertiary/aromatic N) is 3. The average Bonchev–Trinajstić information content (AvgIpc) is 3.09. The monoisotopic (exact) mass is 434 g/mol. The standard InChI is InChI=1S/C22H18N4O4S/c1-13-16(9-6-10-17(13)26(29)30)24-18(27)11-25-12-23-21-19(22(25)28)14(2)20(31-21)15-7-4-3-5-8-15/h3-10,12H,11H2,1-2H3,(H,24,27). The summed E-state index contributed by atoms with van der Waals surface area (Å²) in [6.07, 6.45) is 1.36. The molecule has 0 aliphatic rings. The Balaban J connectivity index is 1.64. The molecule has 0 saturated carbocycles. The van der Waals surface area contributed by atoms with Gasteiger partial charge in [-0.3, -0.25) is 24.3 Å². The molecule has 4 rings (SSSR count). The summed E-state index contributed by atoms with van der Waals surface area (Å²) in [6, 6.07) is 14.2. The Hall–Kier alpha value is -3.85. The highest BCUT2D eigenvalue weighted by molar-refractivity contribution is 7.22. The fourth-order valence-corrected chi connectivity index (χ4v) is 4.58. The summed E-state index contributed by atoms with van der Waals surface area (Å²) in [6.45, 7) is 3.19. The zero-order chi connectivity index (χ0) is 22.1. The van der Waals surface area contributed by atoms with Gasteiger partial charge < -0.3 is 5.32 Å². The van der Waals surface area contributed by atoms with E-state index in [0.717, 1.165) is 16.0 Å². The van der Waals surface area contributed by atoms with Crippen LogP contribution >= 0.6 is 11.3 Å². The summed E-state index contributed by atoms with van der Waals surface area (Å²) in [5, 5.41) is 14.2. The highest BCUT2D eigenvalue weighted by Gasteiger charge is 2.18. The highest BCUT2D eigenvalue weighted by Crippen LogP contribution is 2.35. The summed E-state index contributed by atoms with van der Waals surface area (Å²) < 4.78 is 1.25. The largest absolute Gasteiger partial charge is 0.324 e.